The van der Waals surface area contributed by atoms with Crippen LogP contribution in [0.25, 0.3) is 0 Å². The number of carboxylic acid groups (broad SMARTS) is 1. The number of thiazole rings is 1. The molecule has 0 saturated carbocycles. The Morgan fingerprint density at radius 3 is 2.74 bits per heavy atom. The Balaban J connectivity index is 1.52. The summed E-state index contributed by atoms with van der Waals surface area (Å²) < 4.78 is 1.33. The third-order valence-corrected chi connectivity index (χ3v) is 8.86. The number of thioether (sulfide) groups is 2. The summed E-state index contributed by atoms with van der Waals surface area (Å²) in [5, 5.41) is 23.0. The Bertz CT molecular complexity index is 1390. The molecule has 2 aromatic rings. The molecule has 4 rings (SSSR count). The monoisotopic (exact) mass is 594 g/mol. The van der Waals surface area contributed by atoms with Crippen LogP contribution < -0.4 is 37.7 Å². The molecule has 2 aromatic heterocycles. The number of β-lactam (4-membered cyclic amide) rings is 1. The molecule has 8 N–H and O–H groups in total. The van der Waals surface area contributed by atoms with E-state index in [-0.39, 0.29) is 46.2 Å². The van der Waals surface area contributed by atoms with Crippen molar-refractivity contribution in [3.63, 3.8) is 0 Å². The Kier molecular flexibility index (Phi) is 8.36. The lowest BCUT2D eigenvalue weighted by molar-refractivity contribution is -0.668. The number of rotatable bonds is 10. The summed E-state index contributed by atoms with van der Waals surface area (Å²) in [6.07, 6.45) is 0. The second kappa shape index (κ2) is 11.5. The molecule has 2 aliphatic heterocycles. The summed E-state index contributed by atoms with van der Waals surface area (Å²) in [5.74, 6) is 4.61. The lowest BCUT2D eigenvalue weighted by Crippen LogP contribution is -2.71. The Hall–Kier alpha value is -3.77. The van der Waals surface area contributed by atoms with Crippen LogP contribution in [0.2, 0.25) is 0 Å². The number of amides is 2. The first kappa shape index (κ1) is 28.2. The topological polar surface area (TPSA) is 231 Å². The minimum Gasteiger partial charge on any atom is -0.543 e. The maximum atomic E-state index is 13.1. The van der Waals surface area contributed by atoms with E-state index in [0.717, 1.165) is 16.2 Å². The van der Waals surface area contributed by atoms with Gasteiger partial charge in [0.2, 0.25) is 5.82 Å². The number of carboxylic acids is 1. The van der Waals surface area contributed by atoms with Crippen LogP contribution in [0.3, 0.4) is 0 Å². The van der Waals surface area contributed by atoms with Crippen molar-refractivity contribution in [3.8, 4) is 0 Å². The number of aliphatic carboxylic acids is 1. The number of fused-ring (bicyclic) bond motifs is 1. The quantitative estimate of drug-likeness (QED) is 0.0381. The Morgan fingerprint density at radius 2 is 2.13 bits per heavy atom. The zero-order valence-corrected chi connectivity index (χ0v) is 23.5. The first-order valence-electron chi connectivity index (χ1n) is 11.5. The van der Waals surface area contributed by atoms with Gasteiger partial charge in [-0.2, -0.15) is 0 Å². The zero-order chi connectivity index (χ0) is 28.4. The molecule has 1 saturated heterocycles. The molecule has 1 unspecified atom stereocenters. The molecule has 0 bridgehead atoms. The largest absolute Gasteiger partial charge is 0.543 e. The molecule has 2 amide bonds. The number of hydrogen-bond acceptors (Lipinski definition) is 15. The van der Waals surface area contributed by atoms with Gasteiger partial charge < -0.3 is 36.8 Å². The fourth-order valence-corrected chi connectivity index (χ4v) is 6.88. The van der Waals surface area contributed by atoms with E-state index in [0.29, 0.717) is 22.1 Å². The zero-order valence-electron chi connectivity index (χ0n) is 21.1. The van der Waals surface area contributed by atoms with Crippen LogP contribution in [0.15, 0.2) is 27.0 Å². The number of carbonyl (C=O) groups excluding carboxylic acids is 3. The number of aromatic nitrogens is 3. The summed E-state index contributed by atoms with van der Waals surface area (Å²) in [5.41, 5.74) is 12.6. The predicted octanol–water partition coefficient (Wildman–Crippen LogP) is -2.01. The SMILES string of the molecule is CCO/N=C(\C(=O)NC1C(=O)N2C(C(=O)[O-])=C(CSc3nc(N)c(C)c(NC)[n+]3N)CS[C@H]12)c1csc(N)n1. The van der Waals surface area contributed by atoms with Crippen LogP contribution in [0.1, 0.15) is 18.2 Å². The number of nitrogens with zero attached hydrogens (tertiary/aromatic N) is 5. The molecule has 0 spiro atoms. The van der Waals surface area contributed by atoms with E-state index >= 15 is 0 Å². The maximum absolute atomic E-state index is 13.1. The summed E-state index contributed by atoms with van der Waals surface area (Å²) in [7, 11) is 1.69. The first-order chi connectivity index (χ1) is 18.6. The van der Waals surface area contributed by atoms with Crippen LogP contribution in [0.4, 0.5) is 16.8 Å². The number of nitrogens with two attached hydrogens (primary N) is 3. The molecule has 208 valence electrons. The summed E-state index contributed by atoms with van der Waals surface area (Å²) in [6.45, 7) is 3.67. The van der Waals surface area contributed by atoms with Gasteiger partial charge in [0.25, 0.3) is 17.6 Å². The molecule has 2 atom stereocenters. The average molecular weight is 595 g/mol. The predicted molar refractivity (Wildman–Crippen MR) is 146 cm³/mol. The summed E-state index contributed by atoms with van der Waals surface area (Å²) in [6, 6.07) is -0.989. The highest BCUT2D eigenvalue weighted by molar-refractivity contribution is 8.01. The van der Waals surface area contributed by atoms with E-state index in [1.165, 1.54) is 28.2 Å². The normalized spacial score (nSPS) is 18.9. The van der Waals surface area contributed by atoms with E-state index in [2.05, 4.69) is 25.8 Å². The maximum Gasteiger partial charge on any atom is 0.322 e. The van der Waals surface area contributed by atoms with E-state index < -0.39 is 29.2 Å². The number of nitrogens with one attached hydrogen (secondary N) is 2. The van der Waals surface area contributed by atoms with Crippen LogP contribution in [-0.2, 0) is 19.2 Å². The average Bonchev–Trinajstić information content (AvgIpc) is 3.34. The molecule has 15 nitrogen and oxygen atoms in total. The highest BCUT2D eigenvalue weighted by Crippen LogP contribution is 2.41. The van der Waals surface area contributed by atoms with Crippen LogP contribution in [0, 0.1) is 6.92 Å². The molecule has 0 aromatic carbocycles. The molecule has 39 heavy (non-hydrogen) atoms. The minimum absolute atomic E-state index is 0.148. The molecule has 0 radical (unpaired) electrons. The van der Waals surface area contributed by atoms with Gasteiger partial charge in [0.15, 0.2) is 10.8 Å². The standard InChI is InChI=1S/C21H26N10O5S3/c1-4-36-29-11(10-7-38-20(23)26-10)16(32)27-12-17(33)30-13(19(34)35)9(5-37-18(12)30)6-39-21-28-14(22)8(2)15(25-3)31(21)24/h7,12,18H,4-6,24H2,1-3H3,(H6,22,23,25,26,27,32,34,35)/b29-11-/t12?,18-/m1/s1. The van der Waals surface area contributed by atoms with Crippen molar-refractivity contribution in [2.24, 2.45) is 5.16 Å². The van der Waals surface area contributed by atoms with E-state index in [1.807, 2.05) is 0 Å². The Morgan fingerprint density at radius 1 is 1.38 bits per heavy atom. The van der Waals surface area contributed by atoms with Crippen LogP contribution in [-0.4, -0.2) is 74.9 Å². The summed E-state index contributed by atoms with van der Waals surface area (Å²) >= 11 is 3.59. The highest BCUT2D eigenvalue weighted by Gasteiger charge is 2.53. The van der Waals surface area contributed by atoms with Crippen molar-refractivity contribution in [1.29, 1.82) is 0 Å². The van der Waals surface area contributed by atoms with Gasteiger partial charge in [0.05, 0.1) is 17.2 Å². The van der Waals surface area contributed by atoms with Crippen molar-refractivity contribution in [1.82, 2.24) is 20.2 Å². The fourth-order valence-electron chi connectivity index (χ4n) is 3.92. The number of nitrogen functional groups attached to an aromatic ring is 3. The Labute approximate surface area is 235 Å². The highest BCUT2D eigenvalue weighted by atomic mass is 32.2. The lowest BCUT2D eigenvalue weighted by Gasteiger charge is -2.50. The van der Waals surface area contributed by atoms with Gasteiger partial charge >= 0.3 is 5.16 Å². The van der Waals surface area contributed by atoms with Crippen molar-refractivity contribution in [2.75, 3.05) is 47.8 Å². The van der Waals surface area contributed by atoms with E-state index in [4.69, 9.17) is 22.1 Å². The first-order valence-corrected chi connectivity index (χ1v) is 14.4. The van der Waals surface area contributed by atoms with Gasteiger partial charge in [-0.05, 0) is 31.2 Å². The molecular weight excluding hydrogens is 568 g/mol. The molecule has 4 heterocycles. The number of anilines is 3. The smallest absolute Gasteiger partial charge is 0.322 e. The van der Waals surface area contributed by atoms with Gasteiger partial charge in [0, 0.05) is 23.9 Å². The van der Waals surface area contributed by atoms with Gasteiger partial charge in [-0.1, -0.05) is 10.1 Å². The van der Waals surface area contributed by atoms with Gasteiger partial charge in [-0.25, -0.2) is 4.98 Å². The van der Waals surface area contributed by atoms with Gasteiger partial charge in [-0.3, -0.25) is 20.3 Å². The fraction of sp³-hybridized carbons (Fsp3) is 0.381. The second-order valence-electron chi connectivity index (χ2n) is 8.19. The van der Waals surface area contributed by atoms with Crippen molar-refractivity contribution in [2.45, 2.75) is 30.4 Å². The molecule has 1 fully saturated rings. The number of oxime groups is 1. The van der Waals surface area contributed by atoms with Crippen molar-refractivity contribution >= 4 is 75.1 Å². The van der Waals surface area contributed by atoms with Crippen molar-refractivity contribution in [3.05, 3.63) is 27.9 Å². The minimum atomic E-state index is -1.50. The molecule has 0 aliphatic carbocycles. The second-order valence-corrected chi connectivity index (χ2v) is 11.1. The summed E-state index contributed by atoms with van der Waals surface area (Å²) in [4.78, 5) is 52.7. The van der Waals surface area contributed by atoms with Gasteiger partial charge in [-0.15, -0.1) is 27.8 Å². The van der Waals surface area contributed by atoms with Crippen LogP contribution in [0.5, 0.6) is 0 Å². The third kappa shape index (κ3) is 5.39. The van der Waals surface area contributed by atoms with Crippen LogP contribution >= 0.6 is 34.9 Å². The van der Waals surface area contributed by atoms with E-state index in [1.54, 1.807) is 26.3 Å². The third-order valence-electron chi connectivity index (χ3n) is 5.81. The van der Waals surface area contributed by atoms with Crippen molar-refractivity contribution < 1.29 is 29.0 Å². The number of carbonyl (C=O) groups is 3. The lowest BCUT2D eigenvalue weighted by atomic mass is 10.0. The number of hydrogen-bond donors (Lipinski definition) is 5. The van der Waals surface area contributed by atoms with Gasteiger partial charge in [0.1, 0.15) is 23.7 Å². The molecule has 18 heteroatoms. The molecular formula is C21H26N10O5S3. The molecule has 2 aliphatic rings. The van der Waals surface area contributed by atoms with E-state index in [9.17, 15) is 19.5 Å².